The molecular weight excluding hydrogens is 468 g/mol. The van der Waals surface area contributed by atoms with E-state index in [9.17, 15) is 13.2 Å². The highest BCUT2D eigenvalue weighted by molar-refractivity contribution is 7.98. The maximum absolute atomic E-state index is 13.2. The van der Waals surface area contributed by atoms with E-state index in [-0.39, 0.29) is 16.3 Å². The van der Waals surface area contributed by atoms with Gasteiger partial charge in [-0.1, -0.05) is 54.1 Å². The molecule has 0 aromatic heterocycles. The first-order valence-electron chi connectivity index (χ1n) is 9.67. The number of carbonyl (C=O) groups excluding carboxylic acids is 1. The summed E-state index contributed by atoms with van der Waals surface area (Å²) >= 11 is 7.59. The lowest BCUT2D eigenvalue weighted by Gasteiger charge is -2.20. The van der Waals surface area contributed by atoms with Gasteiger partial charge in [0.05, 0.1) is 22.7 Å². The van der Waals surface area contributed by atoms with Crippen LogP contribution >= 0.6 is 23.4 Å². The number of benzene rings is 3. The van der Waals surface area contributed by atoms with Crippen molar-refractivity contribution in [2.45, 2.75) is 22.3 Å². The van der Waals surface area contributed by atoms with Gasteiger partial charge < -0.3 is 10.1 Å². The van der Waals surface area contributed by atoms with E-state index in [4.69, 9.17) is 16.3 Å². The van der Waals surface area contributed by atoms with Crippen LogP contribution in [0.4, 0.5) is 5.69 Å². The minimum absolute atomic E-state index is 0.0568. The molecule has 6 nitrogen and oxygen atoms in total. The van der Waals surface area contributed by atoms with Crippen LogP contribution in [0.5, 0.6) is 5.75 Å². The van der Waals surface area contributed by atoms with Gasteiger partial charge >= 0.3 is 0 Å². The monoisotopic (exact) mass is 490 g/mol. The van der Waals surface area contributed by atoms with Crippen LogP contribution in [0.2, 0.25) is 5.02 Å². The van der Waals surface area contributed by atoms with Crippen molar-refractivity contribution in [3.63, 3.8) is 0 Å². The predicted octanol–water partition coefficient (Wildman–Crippen LogP) is 4.60. The number of hydrogen-bond donors (Lipinski definition) is 2. The molecule has 32 heavy (non-hydrogen) atoms. The third-order valence-corrected chi connectivity index (χ3v) is 7.26. The summed E-state index contributed by atoms with van der Waals surface area (Å²) < 4.78 is 33.8. The quantitative estimate of drug-likeness (QED) is 0.428. The first kappa shape index (κ1) is 24.1. The third kappa shape index (κ3) is 6.04. The van der Waals surface area contributed by atoms with Crippen LogP contribution in [0.25, 0.3) is 0 Å². The van der Waals surface area contributed by atoms with Gasteiger partial charge in [-0.15, -0.1) is 11.8 Å². The summed E-state index contributed by atoms with van der Waals surface area (Å²) in [6, 6.07) is 19.7. The molecule has 168 valence electrons. The number of ether oxygens (including phenoxy) is 1. The van der Waals surface area contributed by atoms with Crippen LogP contribution in [0.15, 0.2) is 82.6 Å². The molecule has 1 amide bonds. The second-order valence-corrected chi connectivity index (χ2v) is 9.82. The molecule has 0 radical (unpaired) electrons. The maximum Gasteiger partial charge on any atom is 0.242 e. The van der Waals surface area contributed by atoms with E-state index in [1.54, 1.807) is 6.07 Å². The Morgan fingerprint density at radius 1 is 1.06 bits per heavy atom. The molecule has 3 aromatic carbocycles. The minimum Gasteiger partial charge on any atom is -0.495 e. The van der Waals surface area contributed by atoms with Gasteiger partial charge in [-0.05, 0) is 48.6 Å². The van der Waals surface area contributed by atoms with Gasteiger partial charge in [0.1, 0.15) is 11.8 Å². The second kappa shape index (κ2) is 10.9. The Morgan fingerprint density at radius 3 is 2.41 bits per heavy atom. The molecule has 1 atom stereocenters. The van der Waals surface area contributed by atoms with Crippen LogP contribution in [0.1, 0.15) is 5.56 Å². The number of sulfonamides is 1. The fraction of sp³-hybridized carbons (Fsp3) is 0.174. The summed E-state index contributed by atoms with van der Waals surface area (Å²) in [4.78, 5) is 14.0. The van der Waals surface area contributed by atoms with Gasteiger partial charge in [0.15, 0.2) is 0 Å². The number of halogens is 1. The van der Waals surface area contributed by atoms with Crippen LogP contribution in [0, 0.1) is 0 Å². The smallest absolute Gasteiger partial charge is 0.242 e. The van der Waals surface area contributed by atoms with Crippen LogP contribution < -0.4 is 14.8 Å². The Kier molecular flexibility index (Phi) is 8.20. The van der Waals surface area contributed by atoms with Gasteiger partial charge in [-0.25, -0.2) is 8.42 Å². The minimum atomic E-state index is -4.04. The highest BCUT2D eigenvalue weighted by atomic mass is 35.5. The van der Waals surface area contributed by atoms with Gasteiger partial charge in [0, 0.05) is 4.90 Å². The molecule has 0 heterocycles. The van der Waals surface area contributed by atoms with Gasteiger partial charge in [-0.2, -0.15) is 4.72 Å². The molecule has 0 fully saturated rings. The van der Waals surface area contributed by atoms with Crippen molar-refractivity contribution in [1.29, 1.82) is 0 Å². The Bertz CT molecular complexity index is 1190. The topological polar surface area (TPSA) is 84.5 Å². The van der Waals surface area contributed by atoms with Crippen molar-refractivity contribution in [1.82, 2.24) is 4.72 Å². The van der Waals surface area contributed by atoms with E-state index < -0.39 is 22.0 Å². The van der Waals surface area contributed by atoms with E-state index in [2.05, 4.69) is 10.0 Å². The molecule has 3 rings (SSSR count). The molecule has 0 aliphatic carbocycles. The van der Waals surface area contributed by atoms with Crippen molar-refractivity contribution in [2.75, 3.05) is 18.7 Å². The normalized spacial score (nSPS) is 12.2. The number of anilines is 1. The van der Waals surface area contributed by atoms with Crippen molar-refractivity contribution in [2.24, 2.45) is 0 Å². The fourth-order valence-electron chi connectivity index (χ4n) is 3.08. The standard InChI is InChI=1S/C23H23ClN2O4S2/c1-30-21-13-12-17(15-18(21)24)32(28,29)26-20(14-16-8-4-3-5-9-16)23(27)25-19-10-6-7-11-22(19)31-2/h3-13,15,20,26H,14H2,1-2H3,(H,25,27). The number of methoxy groups -OCH3 is 1. The van der Waals surface area contributed by atoms with Crippen LogP contribution in [0.3, 0.4) is 0 Å². The Morgan fingerprint density at radius 2 is 1.75 bits per heavy atom. The highest BCUT2D eigenvalue weighted by Gasteiger charge is 2.27. The molecule has 0 saturated heterocycles. The fourth-order valence-corrected chi connectivity index (χ4v) is 5.17. The Hall–Kier alpha value is -2.52. The number of carbonyl (C=O) groups is 1. The second-order valence-electron chi connectivity index (χ2n) is 6.85. The zero-order chi connectivity index (χ0) is 23.1. The molecule has 9 heteroatoms. The van der Waals surface area contributed by atoms with E-state index >= 15 is 0 Å². The summed E-state index contributed by atoms with van der Waals surface area (Å²) in [6.07, 6.45) is 2.08. The molecule has 0 aliphatic heterocycles. The summed E-state index contributed by atoms with van der Waals surface area (Å²) in [6.45, 7) is 0. The number of thioether (sulfide) groups is 1. The predicted molar refractivity (Wildman–Crippen MR) is 129 cm³/mol. The largest absolute Gasteiger partial charge is 0.495 e. The van der Waals surface area contributed by atoms with Gasteiger partial charge in [0.25, 0.3) is 0 Å². The van der Waals surface area contributed by atoms with E-state index in [1.807, 2.05) is 54.8 Å². The van der Waals surface area contributed by atoms with E-state index in [0.29, 0.717) is 11.4 Å². The number of para-hydroxylation sites is 1. The molecule has 3 aromatic rings. The van der Waals surface area contributed by atoms with Crippen molar-refractivity contribution in [3.8, 4) is 5.75 Å². The number of rotatable bonds is 9. The maximum atomic E-state index is 13.2. The van der Waals surface area contributed by atoms with Crippen molar-refractivity contribution >= 4 is 45.0 Å². The number of nitrogens with one attached hydrogen (secondary N) is 2. The average Bonchev–Trinajstić information content (AvgIpc) is 2.79. The molecule has 0 saturated carbocycles. The molecule has 0 aliphatic rings. The van der Waals surface area contributed by atoms with Gasteiger partial charge in [0.2, 0.25) is 15.9 Å². The first-order chi connectivity index (χ1) is 15.3. The number of amides is 1. The van der Waals surface area contributed by atoms with E-state index in [1.165, 1.54) is 37.1 Å². The van der Waals surface area contributed by atoms with Crippen molar-refractivity contribution < 1.29 is 17.9 Å². The summed E-state index contributed by atoms with van der Waals surface area (Å²) in [5, 5.41) is 3.01. The summed E-state index contributed by atoms with van der Waals surface area (Å²) in [5.41, 5.74) is 1.44. The summed E-state index contributed by atoms with van der Waals surface area (Å²) in [5.74, 6) is -0.101. The van der Waals surface area contributed by atoms with E-state index in [0.717, 1.165) is 10.5 Å². The Labute approximate surface area is 197 Å². The SMILES string of the molecule is COc1ccc(S(=O)(=O)NC(Cc2ccccc2)C(=O)Nc2ccccc2SC)cc1Cl. The molecular formula is C23H23ClN2O4S2. The van der Waals surface area contributed by atoms with Gasteiger partial charge in [-0.3, -0.25) is 4.79 Å². The molecule has 2 N–H and O–H groups in total. The first-order valence-corrected chi connectivity index (χ1v) is 12.8. The average molecular weight is 491 g/mol. The van der Waals surface area contributed by atoms with Crippen molar-refractivity contribution in [3.05, 3.63) is 83.4 Å². The number of hydrogen-bond acceptors (Lipinski definition) is 5. The summed E-state index contributed by atoms with van der Waals surface area (Å²) in [7, 11) is -2.59. The molecule has 0 bridgehead atoms. The lowest BCUT2D eigenvalue weighted by atomic mass is 10.1. The van der Waals surface area contributed by atoms with Crippen LogP contribution in [-0.2, 0) is 21.2 Å². The third-order valence-electron chi connectivity index (χ3n) is 4.69. The zero-order valence-electron chi connectivity index (χ0n) is 17.5. The molecule has 1 unspecified atom stereocenters. The highest BCUT2D eigenvalue weighted by Crippen LogP contribution is 2.28. The lowest BCUT2D eigenvalue weighted by Crippen LogP contribution is -2.45. The lowest BCUT2D eigenvalue weighted by molar-refractivity contribution is -0.117. The zero-order valence-corrected chi connectivity index (χ0v) is 19.9. The van der Waals surface area contributed by atoms with Crippen LogP contribution in [-0.4, -0.2) is 33.7 Å². The molecule has 0 spiro atoms. The Balaban J connectivity index is 1.90.